The number of nitrogens with one attached hydrogen (secondary N) is 1. The molecule has 0 aliphatic carbocycles. The van der Waals surface area contributed by atoms with Crippen molar-refractivity contribution in [2.75, 3.05) is 18.4 Å². The average Bonchev–Trinajstić information content (AvgIpc) is 2.90. The van der Waals surface area contributed by atoms with E-state index in [1.807, 2.05) is 41.5 Å². The molecule has 2 aliphatic rings. The number of benzene rings is 1. The third kappa shape index (κ3) is 4.07. The predicted molar refractivity (Wildman–Crippen MR) is 113 cm³/mol. The van der Waals surface area contributed by atoms with E-state index < -0.39 is 0 Å². The Hall–Kier alpha value is -2.63. The zero-order valence-corrected chi connectivity index (χ0v) is 17.5. The monoisotopic (exact) mass is 394 g/mol. The van der Waals surface area contributed by atoms with Gasteiger partial charge in [0.25, 0.3) is 11.8 Å². The summed E-state index contributed by atoms with van der Waals surface area (Å²) in [6.45, 7) is 6.31. The Labute approximate surface area is 172 Å². The van der Waals surface area contributed by atoms with E-state index in [2.05, 4.69) is 10.3 Å². The standard InChI is InChI=1S/C23H30N4O2/c1-16-10-11-17(2)18(15-16)24-22(28)20-19-9-5-8-14-27(19)21(25-20)23(29)26-12-6-3-4-7-13-26/h10-11,15H,3-9,12-14H2,1-2H3,(H,24,28). The van der Waals surface area contributed by atoms with Crippen molar-refractivity contribution in [2.24, 2.45) is 0 Å². The minimum absolute atomic E-state index is 0.0270. The van der Waals surface area contributed by atoms with Gasteiger partial charge in [-0.05, 0) is 63.1 Å². The molecule has 0 spiro atoms. The number of carbonyl (C=O) groups is 2. The van der Waals surface area contributed by atoms with Crippen molar-refractivity contribution in [3.05, 3.63) is 46.5 Å². The highest BCUT2D eigenvalue weighted by Gasteiger charge is 2.30. The Morgan fingerprint density at radius 3 is 2.45 bits per heavy atom. The molecule has 0 atom stereocenters. The summed E-state index contributed by atoms with van der Waals surface area (Å²) in [6.07, 6.45) is 7.25. The van der Waals surface area contributed by atoms with Crippen molar-refractivity contribution in [3.63, 3.8) is 0 Å². The fraction of sp³-hybridized carbons (Fsp3) is 0.522. The van der Waals surface area contributed by atoms with Gasteiger partial charge in [0.05, 0.1) is 5.69 Å². The first kappa shape index (κ1) is 19.7. The number of aryl methyl sites for hydroxylation is 2. The van der Waals surface area contributed by atoms with Crippen LogP contribution in [0.5, 0.6) is 0 Å². The minimum Gasteiger partial charge on any atom is -0.336 e. The summed E-state index contributed by atoms with van der Waals surface area (Å²) in [6, 6.07) is 6.00. The molecule has 4 rings (SSSR count). The topological polar surface area (TPSA) is 67.2 Å². The van der Waals surface area contributed by atoms with Crippen molar-refractivity contribution in [1.82, 2.24) is 14.5 Å². The van der Waals surface area contributed by atoms with Gasteiger partial charge in [-0.15, -0.1) is 0 Å². The van der Waals surface area contributed by atoms with Gasteiger partial charge >= 0.3 is 0 Å². The van der Waals surface area contributed by atoms with E-state index in [4.69, 9.17) is 0 Å². The van der Waals surface area contributed by atoms with Gasteiger partial charge in [-0.25, -0.2) is 4.98 Å². The lowest BCUT2D eigenvalue weighted by atomic mass is 10.1. The summed E-state index contributed by atoms with van der Waals surface area (Å²) in [5.41, 5.74) is 4.21. The SMILES string of the molecule is Cc1ccc(C)c(NC(=O)c2nc(C(=O)N3CCCCCC3)n3c2CCCC3)c1. The Bertz CT molecular complexity index is 923. The molecule has 2 aromatic rings. The quantitative estimate of drug-likeness (QED) is 0.852. The second kappa shape index (κ2) is 8.39. The number of amides is 2. The molecule has 1 fully saturated rings. The Morgan fingerprint density at radius 2 is 1.69 bits per heavy atom. The summed E-state index contributed by atoms with van der Waals surface area (Å²) in [5, 5.41) is 3.02. The van der Waals surface area contributed by atoms with Gasteiger partial charge in [-0.2, -0.15) is 0 Å². The lowest BCUT2D eigenvalue weighted by molar-refractivity contribution is 0.0743. The highest BCUT2D eigenvalue weighted by molar-refractivity contribution is 6.05. The van der Waals surface area contributed by atoms with Crippen molar-refractivity contribution in [1.29, 1.82) is 0 Å². The number of fused-ring (bicyclic) bond motifs is 1. The first-order valence-corrected chi connectivity index (χ1v) is 10.8. The van der Waals surface area contributed by atoms with Crippen LogP contribution in [-0.4, -0.2) is 39.4 Å². The molecule has 3 heterocycles. The van der Waals surface area contributed by atoms with Gasteiger partial charge < -0.3 is 14.8 Å². The van der Waals surface area contributed by atoms with Crippen molar-refractivity contribution >= 4 is 17.5 Å². The number of imidazole rings is 1. The highest BCUT2D eigenvalue weighted by Crippen LogP contribution is 2.25. The molecule has 0 bridgehead atoms. The number of nitrogens with zero attached hydrogens (tertiary/aromatic N) is 3. The summed E-state index contributed by atoms with van der Waals surface area (Å²) < 4.78 is 1.99. The summed E-state index contributed by atoms with van der Waals surface area (Å²) in [7, 11) is 0. The normalized spacial score (nSPS) is 16.8. The molecule has 0 radical (unpaired) electrons. The molecule has 2 aliphatic heterocycles. The predicted octanol–water partition coefficient (Wildman–Crippen LogP) is 4.10. The van der Waals surface area contributed by atoms with Gasteiger partial charge in [0.15, 0.2) is 11.5 Å². The van der Waals surface area contributed by atoms with Gasteiger partial charge in [0, 0.05) is 25.3 Å². The lowest BCUT2D eigenvalue weighted by Crippen LogP contribution is -2.34. The van der Waals surface area contributed by atoms with Crippen LogP contribution in [0.15, 0.2) is 18.2 Å². The highest BCUT2D eigenvalue weighted by atomic mass is 16.2. The van der Waals surface area contributed by atoms with Gasteiger partial charge in [0.1, 0.15) is 0 Å². The van der Waals surface area contributed by atoms with Crippen LogP contribution in [0.3, 0.4) is 0 Å². The molecule has 6 heteroatoms. The van der Waals surface area contributed by atoms with Crippen LogP contribution < -0.4 is 5.32 Å². The number of carbonyl (C=O) groups excluding carboxylic acids is 2. The van der Waals surface area contributed by atoms with Crippen LogP contribution in [0.4, 0.5) is 5.69 Å². The fourth-order valence-electron chi connectivity index (χ4n) is 4.36. The number of likely N-dealkylation sites (tertiary alicyclic amines) is 1. The van der Waals surface area contributed by atoms with Crippen molar-refractivity contribution < 1.29 is 9.59 Å². The van der Waals surface area contributed by atoms with E-state index >= 15 is 0 Å². The van der Waals surface area contributed by atoms with Crippen molar-refractivity contribution in [2.45, 2.75) is 65.3 Å². The second-order valence-electron chi connectivity index (χ2n) is 8.32. The summed E-state index contributed by atoms with van der Waals surface area (Å²) in [5.74, 6) is 0.188. The largest absolute Gasteiger partial charge is 0.336 e. The number of aromatic nitrogens is 2. The first-order valence-electron chi connectivity index (χ1n) is 10.8. The molecule has 0 saturated carbocycles. The van der Waals surface area contributed by atoms with Crippen LogP contribution in [0.25, 0.3) is 0 Å². The number of anilines is 1. The molecule has 154 valence electrons. The summed E-state index contributed by atoms with van der Waals surface area (Å²) >= 11 is 0. The Kier molecular flexibility index (Phi) is 5.69. The fourth-order valence-corrected chi connectivity index (χ4v) is 4.36. The minimum atomic E-state index is -0.223. The average molecular weight is 395 g/mol. The van der Waals surface area contributed by atoms with Crippen molar-refractivity contribution in [3.8, 4) is 0 Å². The molecule has 1 aromatic heterocycles. The van der Waals surface area contributed by atoms with E-state index in [-0.39, 0.29) is 11.8 Å². The smallest absolute Gasteiger partial charge is 0.289 e. The maximum Gasteiger partial charge on any atom is 0.289 e. The number of hydrogen-bond donors (Lipinski definition) is 1. The van der Waals surface area contributed by atoms with Crippen LogP contribution in [0, 0.1) is 13.8 Å². The third-order valence-electron chi connectivity index (χ3n) is 6.06. The molecular weight excluding hydrogens is 364 g/mol. The Morgan fingerprint density at radius 1 is 0.966 bits per heavy atom. The molecule has 0 unspecified atom stereocenters. The van der Waals surface area contributed by atoms with E-state index in [0.717, 1.165) is 74.2 Å². The molecule has 1 saturated heterocycles. The molecule has 6 nitrogen and oxygen atoms in total. The molecule has 2 amide bonds. The maximum atomic E-state index is 13.2. The number of hydrogen-bond acceptors (Lipinski definition) is 3. The molecule has 1 aromatic carbocycles. The first-order chi connectivity index (χ1) is 14.0. The van der Waals surface area contributed by atoms with Gasteiger partial charge in [-0.1, -0.05) is 25.0 Å². The van der Waals surface area contributed by atoms with E-state index in [1.54, 1.807) is 0 Å². The molecular formula is C23H30N4O2. The van der Waals surface area contributed by atoms with E-state index in [1.165, 1.54) is 12.8 Å². The molecule has 1 N–H and O–H groups in total. The van der Waals surface area contributed by atoms with E-state index in [0.29, 0.717) is 11.5 Å². The second-order valence-corrected chi connectivity index (χ2v) is 8.32. The zero-order valence-electron chi connectivity index (χ0n) is 17.5. The third-order valence-corrected chi connectivity index (χ3v) is 6.06. The van der Waals surface area contributed by atoms with Crippen LogP contribution in [0.2, 0.25) is 0 Å². The number of rotatable bonds is 3. The van der Waals surface area contributed by atoms with Gasteiger partial charge in [-0.3, -0.25) is 9.59 Å². The lowest BCUT2D eigenvalue weighted by Gasteiger charge is -2.22. The van der Waals surface area contributed by atoms with Crippen LogP contribution in [-0.2, 0) is 13.0 Å². The van der Waals surface area contributed by atoms with E-state index in [9.17, 15) is 9.59 Å². The maximum absolute atomic E-state index is 13.2. The van der Waals surface area contributed by atoms with Crippen LogP contribution in [0.1, 0.15) is 76.5 Å². The zero-order chi connectivity index (χ0) is 20.4. The summed E-state index contributed by atoms with van der Waals surface area (Å²) in [4.78, 5) is 32.9. The van der Waals surface area contributed by atoms with Crippen LogP contribution >= 0.6 is 0 Å². The molecule has 29 heavy (non-hydrogen) atoms. The Balaban J connectivity index is 1.64. The van der Waals surface area contributed by atoms with Gasteiger partial charge in [0.2, 0.25) is 0 Å².